The van der Waals surface area contributed by atoms with Crippen molar-refractivity contribution in [2.24, 2.45) is 11.8 Å². The van der Waals surface area contributed by atoms with E-state index in [1.807, 2.05) is 0 Å². The molecule has 0 radical (unpaired) electrons. The molecule has 2 atom stereocenters. The Morgan fingerprint density at radius 2 is 2.46 bits per heavy atom. The lowest BCUT2D eigenvalue weighted by molar-refractivity contribution is -0.124. The Balaban J connectivity index is 2.40. The maximum absolute atomic E-state index is 11.6. The average Bonchev–Trinajstić information content (AvgIpc) is 2.15. The number of rotatable bonds is 3. The first-order valence-electron chi connectivity index (χ1n) is 4.92. The topological polar surface area (TPSA) is 29.1 Å². The number of piperidine rings is 1. The molecular formula is C11H17NO. The van der Waals surface area contributed by atoms with E-state index < -0.39 is 0 Å². The lowest BCUT2D eigenvalue weighted by Gasteiger charge is -2.28. The van der Waals surface area contributed by atoms with Gasteiger partial charge in [-0.15, -0.1) is 12.3 Å². The van der Waals surface area contributed by atoms with Crippen LogP contribution in [0.15, 0.2) is 0 Å². The minimum atomic E-state index is 0.245. The highest BCUT2D eigenvalue weighted by Crippen LogP contribution is 2.21. The monoisotopic (exact) mass is 179 g/mol. The second kappa shape index (κ2) is 5.04. The second-order valence-electron chi connectivity index (χ2n) is 3.75. The third-order valence-electron chi connectivity index (χ3n) is 2.71. The SMILES string of the molecule is C#CCCC(=O)C1CCNCC1C. The van der Waals surface area contributed by atoms with Gasteiger partial charge < -0.3 is 5.32 Å². The number of ketones is 1. The molecule has 2 nitrogen and oxygen atoms in total. The Hall–Kier alpha value is -0.810. The largest absolute Gasteiger partial charge is 0.316 e. The Labute approximate surface area is 80.1 Å². The van der Waals surface area contributed by atoms with Crippen molar-refractivity contribution in [3.8, 4) is 12.3 Å². The summed E-state index contributed by atoms with van der Waals surface area (Å²) in [7, 11) is 0. The van der Waals surface area contributed by atoms with Gasteiger partial charge in [-0.25, -0.2) is 0 Å². The Kier molecular flexibility index (Phi) is 3.98. The predicted molar refractivity (Wildman–Crippen MR) is 53.2 cm³/mol. The molecule has 0 aromatic rings. The molecular weight excluding hydrogens is 162 g/mol. The van der Waals surface area contributed by atoms with Gasteiger partial charge in [0, 0.05) is 18.8 Å². The van der Waals surface area contributed by atoms with Crippen molar-refractivity contribution in [1.29, 1.82) is 0 Å². The molecule has 0 bridgehead atoms. The maximum atomic E-state index is 11.6. The van der Waals surface area contributed by atoms with E-state index in [1.54, 1.807) is 0 Å². The summed E-state index contributed by atoms with van der Waals surface area (Å²) in [6, 6.07) is 0. The van der Waals surface area contributed by atoms with Gasteiger partial charge >= 0.3 is 0 Å². The molecule has 1 rings (SSSR count). The summed E-state index contributed by atoms with van der Waals surface area (Å²) in [6.45, 7) is 4.06. The number of hydrogen-bond acceptors (Lipinski definition) is 2. The maximum Gasteiger partial charge on any atom is 0.137 e. The van der Waals surface area contributed by atoms with Crippen LogP contribution in [0.25, 0.3) is 0 Å². The summed E-state index contributed by atoms with van der Waals surface area (Å²) in [5, 5.41) is 3.28. The molecule has 1 saturated heterocycles. The first-order chi connectivity index (χ1) is 6.25. The smallest absolute Gasteiger partial charge is 0.137 e. The molecule has 1 N–H and O–H groups in total. The van der Waals surface area contributed by atoms with Gasteiger partial charge in [-0.3, -0.25) is 4.79 Å². The number of nitrogens with one attached hydrogen (secondary N) is 1. The highest BCUT2D eigenvalue weighted by atomic mass is 16.1. The predicted octanol–water partition coefficient (Wildman–Crippen LogP) is 1.21. The quantitative estimate of drug-likeness (QED) is 0.660. The molecule has 0 aliphatic carbocycles. The first kappa shape index (κ1) is 10.3. The molecule has 13 heavy (non-hydrogen) atoms. The van der Waals surface area contributed by atoms with Gasteiger partial charge in [0.2, 0.25) is 0 Å². The van der Waals surface area contributed by atoms with Crippen molar-refractivity contribution in [2.75, 3.05) is 13.1 Å². The summed E-state index contributed by atoms with van der Waals surface area (Å²) >= 11 is 0. The van der Waals surface area contributed by atoms with E-state index >= 15 is 0 Å². The number of carbonyl (C=O) groups excluding carboxylic acids is 1. The standard InChI is InChI=1S/C11H17NO/c1-3-4-5-11(13)10-6-7-12-8-9(10)2/h1,9-10,12H,4-8H2,2H3. The van der Waals surface area contributed by atoms with Crippen molar-refractivity contribution >= 4 is 5.78 Å². The minimum Gasteiger partial charge on any atom is -0.316 e. The summed E-state index contributed by atoms with van der Waals surface area (Å²) in [4.78, 5) is 11.6. The van der Waals surface area contributed by atoms with E-state index in [0.29, 0.717) is 24.5 Å². The molecule has 0 amide bonds. The van der Waals surface area contributed by atoms with Crippen LogP contribution in [-0.4, -0.2) is 18.9 Å². The third-order valence-corrected chi connectivity index (χ3v) is 2.71. The van der Waals surface area contributed by atoms with Crippen LogP contribution >= 0.6 is 0 Å². The molecule has 0 aromatic heterocycles. The first-order valence-corrected chi connectivity index (χ1v) is 4.92. The highest BCUT2D eigenvalue weighted by molar-refractivity contribution is 5.81. The lowest BCUT2D eigenvalue weighted by atomic mass is 9.83. The summed E-state index contributed by atoms with van der Waals surface area (Å²) < 4.78 is 0. The van der Waals surface area contributed by atoms with Gasteiger partial charge in [0.15, 0.2) is 0 Å². The average molecular weight is 179 g/mol. The van der Waals surface area contributed by atoms with Crippen LogP contribution in [0.4, 0.5) is 0 Å². The highest BCUT2D eigenvalue weighted by Gasteiger charge is 2.26. The zero-order chi connectivity index (χ0) is 9.68. The summed E-state index contributed by atoms with van der Waals surface area (Å²) in [5.41, 5.74) is 0. The molecule has 1 aliphatic heterocycles. The summed E-state index contributed by atoms with van der Waals surface area (Å²) in [6.07, 6.45) is 7.26. The number of Topliss-reactive ketones (excluding diaryl/α,β-unsaturated/α-hetero) is 1. The zero-order valence-corrected chi connectivity index (χ0v) is 8.18. The zero-order valence-electron chi connectivity index (χ0n) is 8.18. The lowest BCUT2D eigenvalue weighted by Crippen LogP contribution is -2.38. The third kappa shape index (κ3) is 2.86. The number of hydrogen-bond donors (Lipinski definition) is 1. The van der Waals surface area contributed by atoms with E-state index in [4.69, 9.17) is 6.42 Å². The van der Waals surface area contributed by atoms with Crippen molar-refractivity contribution in [1.82, 2.24) is 5.32 Å². The Bertz CT molecular complexity index is 217. The van der Waals surface area contributed by atoms with Crippen LogP contribution in [-0.2, 0) is 4.79 Å². The molecule has 1 aliphatic rings. The van der Waals surface area contributed by atoms with E-state index in [1.165, 1.54) is 0 Å². The summed E-state index contributed by atoms with van der Waals surface area (Å²) in [5.74, 6) is 3.59. The molecule has 0 spiro atoms. The molecule has 2 unspecified atom stereocenters. The van der Waals surface area contributed by atoms with Crippen LogP contribution in [0, 0.1) is 24.2 Å². The Morgan fingerprint density at radius 3 is 3.08 bits per heavy atom. The normalized spacial score (nSPS) is 28.0. The van der Waals surface area contributed by atoms with Crippen molar-refractivity contribution in [3.05, 3.63) is 0 Å². The van der Waals surface area contributed by atoms with Gasteiger partial charge in [0.1, 0.15) is 5.78 Å². The van der Waals surface area contributed by atoms with Crippen LogP contribution in [0.5, 0.6) is 0 Å². The van der Waals surface area contributed by atoms with E-state index in [2.05, 4.69) is 18.2 Å². The molecule has 0 saturated carbocycles. The van der Waals surface area contributed by atoms with Crippen molar-refractivity contribution in [3.63, 3.8) is 0 Å². The number of terminal acetylenes is 1. The van der Waals surface area contributed by atoms with E-state index in [9.17, 15) is 4.79 Å². The van der Waals surface area contributed by atoms with Gasteiger partial charge in [-0.05, 0) is 25.4 Å². The molecule has 1 fully saturated rings. The minimum absolute atomic E-state index is 0.245. The van der Waals surface area contributed by atoms with E-state index in [-0.39, 0.29) is 5.92 Å². The fourth-order valence-corrected chi connectivity index (χ4v) is 1.87. The van der Waals surface area contributed by atoms with Gasteiger partial charge in [-0.2, -0.15) is 0 Å². The molecule has 72 valence electrons. The van der Waals surface area contributed by atoms with Crippen molar-refractivity contribution in [2.45, 2.75) is 26.2 Å². The van der Waals surface area contributed by atoms with Gasteiger partial charge in [-0.1, -0.05) is 6.92 Å². The van der Waals surface area contributed by atoms with Gasteiger partial charge in [0.25, 0.3) is 0 Å². The fourth-order valence-electron chi connectivity index (χ4n) is 1.87. The Morgan fingerprint density at radius 1 is 1.69 bits per heavy atom. The van der Waals surface area contributed by atoms with Crippen LogP contribution in [0.2, 0.25) is 0 Å². The van der Waals surface area contributed by atoms with E-state index in [0.717, 1.165) is 19.5 Å². The molecule has 1 heterocycles. The van der Waals surface area contributed by atoms with Gasteiger partial charge in [0.05, 0.1) is 0 Å². The second-order valence-corrected chi connectivity index (χ2v) is 3.75. The van der Waals surface area contributed by atoms with Crippen LogP contribution in [0.1, 0.15) is 26.2 Å². The molecule has 0 aromatic carbocycles. The molecule has 2 heteroatoms. The number of carbonyl (C=O) groups is 1. The van der Waals surface area contributed by atoms with Crippen LogP contribution in [0.3, 0.4) is 0 Å². The van der Waals surface area contributed by atoms with Crippen molar-refractivity contribution < 1.29 is 4.79 Å². The van der Waals surface area contributed by atoms with Crippen LogP contribution < -0.4 is 5.32 Å². The fraction of sp³-hybridized carbons (Fsp3) is 0.727.